The van der Waals surface area contributed by atoms with Gasteiger partial charge in [0.05, 0.1) is 16.7 Å². The molecule has 0 unspecified atom stereocenters. The standard InChI is InChI=1S/C50H32N2O/c1-3-16-40-34(11-1)13-10-22-46(40)51(39-28-30-49-45(32-39)44-29-25-35-12-2-4-17-41(35)50(44)53-49)37-26-23-33(24-27-37)36-14-9-15-38(31-36)52-47-20-7-5-18-42(47)43-19-6-8-21-48(43)52/h1-32H. The molecule has 3 heteroatoms. The van der Waals surface area contributed by atoms with E-state index in [2.05, 4.69) is 204 Å². The van der Waals surface area contributed by atoms with Gasteiger partial charge in [-0.2, -0.15) is 0 Å². The maximum Gasteiger partial charge on any atom is 0.143 e. The van der Waals surface area contributed by atoms with Gasteiger partial charge in [0.1, 0.15) is 11.2 Å². The number of rotatable bonds is 5. The Morgan fingerprint density at radius 1 is 0.377 bits per heavy atom. The fourth-order valence-electron chi connectivity index (χ4n) is 8.29. The molecule has 2 heterocycles. The molecule has 0 atom stereocenters. The van der Waals surface area contributed by atoms with Crippen LogP contribution in [0.4, 0.5) is 17.1 Å². The zero-order chi connectivity index (χ0) is 34.9. The molecule has 0 bridgehead atoms. The third kappa shape index (κ3) is 4.68. The van der Waals surface area contributed by atoms with E-state index in [1.165, 1.54) is 43.5 Å². The molecule has 0 N–H and O–H groups in total. The zero-order valence-electron chi connectivity index (χ0n) is 28.8. The van der Waals surface area contributed by atoms with Gasteiger partial charge >= 0.3 is 0 Å². The number of anilines is 3. The molecule has 0 amide bonds. The molecule has 248 valence electrons. The van der Waals surface area contributed by atoms with E-state index in [4.69, 9.17) is 4.42 Å². The summed E-state index contributed by atoms with van der Waals surface area (Å²) in [7, 11) is 0. The molecule has 0 aliphatic heterocycles. The molecule has 0 fully saturated rings. The minimum absolute atomic E-state index is 0.886. The summed E-state index contributed by atoms with van der Waals surface area (Å²) in [6, 6.07) is 69.8. The Morgan fingerprint density at radius 3 is 1.77 bits per heavy atom. The summed E-state index contributed by atoms with van der Waals surface area (Å²) in [5, 5.41) is 9.46. The van der Waals surface area contributed by atoms with Crippen LogP contribution < -0.4 is 4.90 Å². The third-order valence-electron chi connectivity index (χ3n) is 10.8. The molecule has 0 saturated heterocycles. The number of benzene rings is 9. The number of para-hydroxylation sites is 2. The highest BCUT2D eigenvalue weighted by Crippen LogP contribution is 2.43. The summed E-state index contributed by atoms with van der Waals surface area (Å²) in [5.41, 5.74) is 11.0. The number of furan rings is 1. The molecule has 0 aliphatic rings. The Morgan fingerprint density at radius 2 is 1.00 bits per heavy atom. The van der Waals surface area contributed by atoms with Gasteiger partial charge in [0.15, 0.2) is 0 Å². The smallest absolute Gasteiger partial charge is 0.143 e. The van der Waals surface area contributed by atoms with Crippen LogP contribution in [0.25, 0.3) is 82.1 Å². The second-order valence-corrected chi connectivity index (χ2v) is 13.7. The summed E-state index contributed by atoms with van der Waals surface area (Å²) >= 11 is 0. The quantitative estimate of drug-likeness (QED) is 0.181. The maximum atomic E-state index is 6.51. The average Bonchev–Trinajstić information content (AvgIpc) is 3.77. The molecule has 0 aliphatic carbocycles. The van der Waals surface area contributed by atoms with Gasteiger partial charge in [0.2, 0.25) is 0 Å². The van der Waals surface area contributed by atoms with Crippen molar-refractivity contribution in [1.29, 1.82) is 0 Å². The first-order valence-corrected chi connectivity index (χ1v) is 18.1. The van der Waals surface area contributed by atoms with E-state index >= 15 is 0 Å². The second kappa shape index (κ2) is 11.7. The second-order valence-electron chi connectivity index (χ2n) is 13.7. The van der Waals surface area contributed by atoms with Crippen molar-refractivity contribution in [1.82, 2.24) is 4.57 Å². The van der Waals surface area contributed by atoms with Crippen molar-refractivity contribution in [2.24, 2.45) is 0 Å². The summed E-state index contributed by atoms with van der Waals surface area (Å²) in [6.45, 7) is 0. The first-order chi connectivity index (χ1) is 26.3. The van der Waals surface area contributed by atoms with Crippen molar-refractivity contribution in [3.63, 3.8) is 0 Å². The molecule has 11 rings (SSSR count). The average molecular weight is 677 g/mol. The molecular weight excluding hydrogens is 645 g/mol. The lowest BCUT2D eigenvalue weighted by Crippen LogP contribution is -2.10. The van der Waals surface area contributed by atoms with Crippen LogP contribution in [0.3, 0.4) is 0 Å². The van der Waals surface area contributed by atoms with E-state index in [1.54, 1.807) is 0 Å². The molecule has 0 radical (unpaired) electrons. The molecule has 9 aromatic carbocycles. The van der Waals surface area contributed by atoms with E-state index < -0.39 is 0 Å². The number of nitrogens with zero attached hydrogens (tertiary/aromatic N) is 2. The van der Waals surface area contributed by atoms with Gasteiger partial charge in [0.25, 0.3) is 0 Å². The van der Waals surface area contributed by atoms with E-state index in [-0.39, 0.29) is 0 Å². The topological polar surface area (TPSA) is 21.3 Å². The highest BCUT2D eigenvalue weighted by Gasteiger charge is 2.19. The van der Waals surface area contributed by atoms with E-state index in [9.17, 15) is 0 Å². The van der Waals surface area contributed by atoms with Gasteiger partial charge < -0.3 is 13.9 Å². The fourth-order valence-corrected chi connectivity index (χ4v) is 8.29. The highest BCUT2D eigenvalue weighted by atomic mass is 16.3. The van der Waals surface area contributed by atoms with Gasteiger partial charge in [0, 0.05) is 49.4 Å². The first-order valence-electron chi connectivity index (χ1n) is 18.1. The maximum absolute atomic E-state index is 6.51. The van der Waals surface area contributed by atoms with Crippen molar-refractivity contribution in [3.8, 4) is 16.8 Å². The molecule has 0 spiro atoms. The predicted molar refractivity (Wildman–Crippen MR) is 223 cm³/mol. The van der Waals surface area contributed by atoms with Crippen molar-refractivity contribution in [2.75, 3.05) is 4.90 Å². The lowest BCUT2D eigenvalue weighted by atomic mass is 10.0. The normalized spacial score (nSPS) is 11.8. The van der Waals surface area contributed by atoms with Crippen LogP contribution >= 0.6 is 0 Å². The zero-order valence-corrected chi connectivity index (χ0v) is 28.8. The number of hydrogen-bond acceptors (Lipinski definition) is 2. The Kier molecular flexibility index (Phi) is 6.55. The van der Waals surface area contributed by atoms with Crippen molar-refractivity contribution in [2.45, 2.75) is 0 Å². The van der Waals surface area contributed by atoms with E-state index in [1.807, 2.05) is 0 Å². The van der Waals surface area contributed by atoms with Crippen LogP contribution in [0.5, 0.6) is 0 Å². The van der Waals surface area contributed by atoms with Crippen molar-refractivity contribution in [3.05, 3.63) is 194 Å². The van der Waals surface area contributed by atoms with Gasteiger partial charge in [-0.3, -0.25) is 0 Å². The van der Waals surface area contributed by atoms with Crippen LogP contribution in [0.15, 0.2) is 199 Å². The van der Waals surface area contributed by atoms with E-state index in [0.29, 0.717) is 0 Å². The SMILES string of the molecule is c1cc(-c2ccc(N(c3ccc4oc5c6ccccc6ccc5c4c3)c3cccc4ccccc34)cc2)cc(-n2c3ccccc3c3ccccc32)c1. The third-order valence-corrected chi connectivity index (χ3v) is 10.8. The summed E-state index contributed by atoms with van der Waals surface area (Å²) in [6.07, 6.45) is 0. The lowest BCUT2D eigenvalue weighted by molar-refractivity contribution is 0.672. The van der Waals surface area contributed by atoms with Gasteiger partial charge in [-0.15, -0.1) is 0 Å². The highest BCUT2D eigenvalue weighted by molar-refractivity contribution is 6.16. The Bertz CT molecular complexity index is 3130. The largest absolute Gasteiger partial charge is 0.455 e. The summed E-state index contributed by atoms with van der Waals surface area (Å²) in [5.74, 6) is 0. The molecule has 53 heavy (non-hydrogen) atoms. The van der Waals surface area contributed by atoms with Gasteiger partial charge in [-0.25, -0.2) is 0 Å². The van der Waals surface area contributed by atoms with E-state index in [0.717, 1.165) is 55.6 Å². The van der Waals surface area contributed by atoms with Crippen LogP contribution in [-0.2, 0) is 0 Å². The van der Waals surface area contributed by atoms with Gasteiger partial charge in [-0.05, 0) is 88.6 Å². The predicted octanol–water partition coefficient (Wildman–Crippen LogP) is 14.1. The monoisotopic (exact) mass is 676 g/mol. The van der Waals surface area contributed by atoms with Crippen LogP contribution in [0, 0.1) is 0 Å². The van der Waals surface area contributed by atoms with Crippen LogP contribution in [0.1, 0.15) is 0 Å². The minimum Gasteiger partial charge on any atom is -0.455 e. The van der Waals surface area contributed by atoms with Crippen LogP contribution in [-0.4, -0.2) is 4.57 Å². The minimum atomic E-state index is 0.886. The fraction of sp³-hybridized carbons (Fsp3) is 0. The van der Waals surface area contributed by atoms with Gasteiger partial charge in [-0.1, -0.05) is 127 Å². The molecule has 3 nitrogen and oxygen atoms in total. The summed E-state index contributed by atoms with van der Waals surface area (Å²) in [4.78, 5) is 2.37. The number of aromatic nitrogens is 1. The lowest BCUT2D eigenvalue weighted by Gasteiger charge is -2.27. The van der Waals surface area contributed by atoms with Crippen molar-refractivity contribution < 1.29 is 4.42 Å². The molecule has 11 aromatic rings. The first kappa shape index (κ1) is 29.6. The Hall–Kier alpha value is -7.10. The molecular formula is C50H32N2O. The number of fused-ring (bicyclic) bond motifs is 9. The molecule has 0 saturated carbocycles. The Balaban J connectivity index is 1.05. The molecule has 2 aromatic heterocycles. The van der Waals surface area contributed by atoms with Crippen molar-refractivity contribution >= 4 is 82.4 Å². The Labute approximate surface area is 306 Å². The number of hydrogen-bond donors (Lipinski definition) is 0. The van der Waals surface area contributed by atoms with Crippen LogP contribution in [0.2, 0.25) is 0 Å². The summed E-state index contributed by atoms with van der Waals surface area (Å²) < 4.78 is 8.89.